The predicted molar refractivity (Wildman–Crippen MR) is 41.8 cm³/mol. The molecule has 0 saturated heterocycles. The maximum atomic E-state index is 11.0. The minimum Gasteiger partial charge on any atom is -0.316 e. The third kappa shape index (κ3) is 1.55. The fourth-order valence-electron chi connectivity index (χ4n) is 0.858. The molecule has 58 valence electrons. The van der Waals surface area contributed by atoms with Crippen molar-refractivity contribution in [2.75, 3.05) is 0 Å². The van der Waals surface area contributed by atoms with E-state index in [-0.39, 0.29) is 5.56 Å². The Labute approximate surface area is 64.3 Å². The molecule has 0 amide bonds. The van der Waals surface area contributed by atoms with Crippen LogP contribution in [0.5, 0.6) is 0 Å². The van der Waals surface area contributed by atoms with E-state index in [9.17, 15) is 9.59 Å². The zero-order valence-corrected chi connectivity index (χ0v) is 6.28. The molecule has 1 heterocycles. The molecule has 0 radical (unpaired) electrons. The van der Waals surface area contributed by atoms with Crippen LogP contribution in [0.3, 0.4) is 0 Å². The van der Waals surface area contributed by atoms with Crippen LogP contribution in [-0.2, 0) is 6.54 Å². The second-order valence-electron chi connectivity index (χ2n) is 2.20. The Morgan fingerprint density at radius 3 is 2.82 bits per heavy atom. The van der Waals surface area contributed by atoms with Crippen molar-refractivity contribution in [3.8, 4) is 0 Å². The first kappa shape index (κ1) is 7.72. The fourth-order valence-corrected chi connectivity index (χ4v) is 0.858. The van der Waals surface area contributed by atoms with Gasteiger partial charge in [-0.1, -0.05) is 0 Å². The molecule has 0 atom stereocenters. The first-order valence-electron chi connectivity index (χ1n) is 3.43. The molecule has 0 aliphatic rings. The van der Waals surface area contributed by atoms with E-state index >= 15 is 0 Å². The van der Waals surface area contributed by atoms with Crippen molar-refractivity contribution in [1.29, 1.82) is 0 Å². The maximum absolute atomic E-state index is 11.0. The molecule has 0 N–H and O–H groups in total. The number of carbonyl (C=O) groups is 1. The molecular formula is C8H9NO2. The molecule has 11 heavy (non-hydrogen) atoms. The van der Waals surface area contributed by atoms with Gasteiger partial charge in [-0.05, 0) is 13.0 Å². The van der Waals surface area contributed by atoms with E-state index in [4.69, 9.17) is 0 Å². The molecule has 0 saturated carbocycles. The van der Waals surface area contributed by atoms with Gasteiger partial charge in [-0.25, -0.2) is 0 Å². The van der Waals surface area contributed by atoms with Crippen molar-refractivity contribution in [2.45, 2.75) is 13.5 Å². The lowest BCUT2D eigenvalue weighted by Gasteiger charge is -1.98. The largest absolute Gasteiger partial charge is 0.316 e. The molecule has 0 spiro atoms. The quantitative estimate of drug-likeness (QED) is 0.583. The molecular weight excluding hydrogens is 142 g/mol. The van der Waals surface area contributed by atoms with Crippen LogP contribution >= 0.6 is 0 Å². The number of aromatic nitrogens is 1. The highest BCUT2D eigenvalue weighted by atomic mass is 16.1. The van der Waals surface area contributed by atoms with Gasteiger partial charge in [0.1, 0.15) is 6.29 Å². The molecule has 0 aliphatic heterocycles. The first-order valence-corrected chi connectivity index (χ1v) is 3.43. The summed E-state index contributed by atoms with van der Waals surface area (Å²) in [7, 11) is 0. The van der Waals surface area contributed by atoms with Gasteiger partial charge in [0, 0.05) is 24.4 Å². The van der Waals surface area contributed by atoms with Crippen LogP contribution in [0.1, 0.15) is 17.3 Å². The third-order valence-electron chi connectivity index (χ3n) is 1.50. The third-order valence-corrected chi connectivity index (χ3v) is 1.50. The number of hydrogen-bond donors (Lipinski definition) is 0. The molecule has 1 aromatic heterocycles. The minimum absolute atomic E-state index is 0.128. The lowest BCUT2D eigenvalue weighted by atomic mass is 10.3. The van der Waals surface area contributed by atoms with E-state index in [0.717, 1.165) is 0 Å². The Morgan fingerprint density at radius 1 is 1.64 bits per heavy atom. The van der Waals surface area contributed by atoms with Crippen LogP contribution in [0, 0.1) is 0 Å². The molecule has 0 unspecified atom stereocenters. The van der Waals surface area contributed by atoms with Gasteiger partial charge in [0.2, 0.25) is 0 Å². The molecule has 1 aromatic rings. The van der Waals surface area contributed by atoms with Crippen LogP contribution in [0.2, 0.25) is 0 Å². The van der Waals surface area contributed by atoms with Crippen molar-refractivity contribution in [2.24, 2.45) is 0 Å². The Bertz CT molecular complexity index is 314. The van der Waals surface area contributed by atoms with E-state index in [0.29, 0.717) is 18.4 Å². The highest BCUT2D eigenvalue weighted by molar-refractivity contribution is 5.74. The number of aryl methyl sites for hydroxylation is 1. The van der Waals surface area contributed by atoms with Gasteiger partial charge in [0.05, 0.1) is 0 Å². The molecule has 3 heteroatoms. The Hall–Kier alpha value is -1.38. The highest BCUT2D eigenvalue weighted by Crippen LogP contribution is 1.88. The number of nitrogens with zero attached hydrogens (tertiary/aromatic N) is 1. The summed E-state index contributed by atoms with van der Waals surface area (Å²) in [6.07, 6.45) is 2.29. The van der Waals surface area contributed by atoms with Gasteiger partial charge in [-0.2, -0.15) is 0 Å². The first-order chi connectivity index (χ1) is 5.27. The second kappa shape index (κ2) is 3.14. The smallest absolute Gasteiger partial charge is 0.251 e. The number of rotatable bonds is 2. The lowest BCUT2D eigenvalue weighted by Crippen LogP contribution is -2.17. The molecule has 0 aromatic carbocycles. The molecule has 0 aliphatic carbocycles. The standard InChI is InChI=1S/C8H9NO2/c1-2-9-4-3-7(6-10)5-8(9)11/h3-6H,2H2,1H3. The summed E-state index contributed by atoms with van der Waals surface area (Å²) in [5, 5.41) is 0. The Balaban J connectivity index is 3.20. The van der Waals surface area contributed by atoms with E-state index in [1.165, 1.54) is 10.6 Å². The van der Waals surface area contributed by atoms with Crippen molar-refractivity contribution in [3.63, 3.8) is 0 Å². The SMILES string of the molecule is CCn1ccc(C=O)cc1=O. The predicted octanol–water partition coefficient (Wildman–Crippen LogP) is 0.681. The summed E-state index contributed by atoms with van der Waals surface area (Å²) < 4.78 is 1.53. The van der Waals surface area contributed by atoms with Crippen molar-refractivity contribution in [1.82, 2.24) is 4.57 Å². The van der Waals surface area contributed by atoms with Gasteiger partial charge in [0.15, 0.2) is 0 Å². The highest BCUT2D eigenvalue weighted by Gasteiger charge is 1.93. The lowest BCUT2D eigenvalue weighted by molar-refractivity contribution is 0.112. The van der Waals surface area contributed by atoms with Gasteiger partial charge in [-0.3, -0.25) is 9.59 Å². The summed E-state index contributed by atoms with van der Waals surface area (Å²) in [6, 6.07) is 2.95. The van der Waals surface area contributed by atoms with Crippen LogP contribution in [0.4, 0.5) is 0 Å². The van der Waals surface area contributed by atoms with E-state index in [1.54, 1.807) is 12.3 Å². The Kier molecular flexibility index (Phi) is 2.21. The minimum atomic E-state index is -0.128. The van der Waals surface area contributed by atoms with E-state index < -0.39 is 0 Å². The summed E-state index contributed by atoms with van der Waals surface area (Å²) in [4.78, 5) is 21.2. The van der Waals surface area contributed by atoms with Crippen molar-refractivity contribution >= 4 is 6.29 Å². The number of hydrogen-bond acceptors (Lipinski definition) is 2. The Morgan fingerprint density at radius 2 is 2.36 bits per heavy atom. The van der Waals surface area contributed by atoms with Crippen LogP contribution in [-0.4, -0.2) is 10.9 Å². The van der Waals surface area contributed by atoms with Crippen LogP contribution in [0.25, 0.3) is 0 Å². The van der Waals surface area contributed by atoms with Gasteiger partial charge >= 0.3 is 0 Å². The summed E-state index contributed by atoms with van der Waals surface area (Å²) in [5.74, 6) is 0. The number of pyridine rings is 1. The summed E-state index contributed by atoms with van der Waals surface area (Å²) in [6.45, 7) is 2.51. The number of carbonyl (C=O) groups excluding carboxylic acids is 1. The van der Waals surface area contributed by atoms with Crippen LogP contribution in [0.15, 0.2) is 23.1 Å². The second-order valence-corrected chi connectivity index (χ2v) is 2.20. The number of aldehydes is 1. The van der Waals surface area contributed by atoms with Gasteiger partial charge in [0.25, 0.3) is 5.56 Å². The fraction of sp³-hybridized carbons (Fsp3) is 0.250. The van der Waals surface area contributed by atoms with Gasteiger partial charge in [-0.15, -0.1) is 0 Å². The zero-order chi connectivity index (χ0) is 8.27. The van der Waals surface area contributed by atoms with E-state index in [1.807, 2.05) is 6.92 Å². The topological polar surface area (TPSA) is 39.1 Å². The summed E-state index contributed by atoms with van der Waals surface area (Å²) >= 11 is 0. The van der Waals surface area contributed by atoms with Crippen molar-refractivity contribution < 1.29 is 4.79 Å². The maximum Gasteiger partial charge on any atom is 0.251 e. The van der Waals surface area contributed by atoms with E-state index in [2.05, 4.69) is 0 Å². The molecule has 1 rings (SSSR count). The molecule has 0 fully saturated rings. The monoisotopic (exact) mass is 151 g/mol. The van der Waals surface area contributed by atoms with Crippen LogP contribution < -0.4 is 5.56 Å². The summed E-state index contributed by atoms with van der Waals surface area (Å²) in [5.41, 5.74) is 0.303. The molecule has 0 bridgehead atoms. The molecule has 3 nitrogen and oxygen atoms in total. The van der Waals surface area contributed by atoms with Gasteiger partial charge < -0.3 is 4.57 Å². The van der Waals surface area contributed by atoms with Crippen molar-refractivity contribution in [3.05, 3.63) is 34.2 Å². The average Bonchev–Trinajstić information content (AvgIpc) is 2.04. The normalized spacial score (nSPS) is 9.55. The average molecular weight is 151 g/mol. The zero-order valence-electron chi connectivity index (χ0n) is 6.28.